The molecule has 0 bridgehead atoms. The van der Waals surface area contributed by atoms with Gasteiger partial charge in [0.2, 0.25) is 5.91 Å². The van der Waals surface area contributed by atoms with E-state index >= 15 is 0 Å². The van der Waals surface area contributed by atoms with Crippen molar-refractivity contribution in [1.29, 1.82) is 0 Å². The second-order valence-corrected chi connectivity index (χ2v) is 7.39. The molecule has 0 aromatic carbocycles. The lowest BCUT2D eigenvalue weighted by Gasteiger charge is -2.33. The minimum atomic E-state index is -0.382. The summed E-state index contributed by atoms with van der Waals surface area (Å²) >= 11 is 0. The first-order valence-corrected chi connectivity index (χ1v) is 8.96. The molecule has 0 N–H and O–H groups in total. The van der Waals surface area contributed by atoms with Crippen molar-refractivity contribution in [2.45, 2.75) is 58.9 Å². The zero-order valence-corrected chi connectivity index (χ0v) is 15.9. The van der Waals surface area contributed by atoms with E-state index in [-0.39, 0.29) is 23.3 Å². The number of carbonyl (C=O) groups is 2. The van der Waals surface area contributed by atoms with E-state index in [0.29, 0.717) is 25.4 Å². The molecule has 138 valence electrons. The quantitative estimate of drug-likeness (QED) is 0.620. The Morgan fingerprint density at radius 2 is 1.96 bits per heavy atom. The van der Waals surface area contributed by atoms with Crippen LogP contribution in [0.3, 0.4) is 0 Å². The molecule has 0 atom stereocenters. The molecule has 2 heterocycles. The van der Waals surface area contributed by atoms with Crippen LogP contribution in [0.25, 0.3) is 0 Å². The monoisotopic (exact) mass is 347 g/mol. The minimum Gasteiger partial charge on any atom is -0.461 e. The van der Waals surface area contributed by atoms with Crippen LogP contribution in [-0.2, 0) is 14.9 Å². The molecule has 1 aromatic rings. The van der Waals surface area contributed by atoms with E-state index in [4.69, 9.17) is 4.74 Å². The zero-order chi connectivity index (χ0) is 18.6. The van der Waals surface area contributed by atoms with Gasteiger partial charge in [-0.15, -0.1) is 0 Å². The molecule has 1 amide bonds. The molecule has 2 rings (SSSR count). The lowest BCUT2D eigenvalue weighted by Crippen LogP contribution is -2.39. The number of piperidine rings is 1. The molecule has 6 nitrogen and oxygen atoms in total. The van der Waals surface area contributed by atoms with Gasteiger partial charge in [0, 0.05) is 24.2 Å². The third-order valence-electron chi connectivity index (χ3n) is 4.42. The van der Waals surface area contributed by atoms with E-state index in [1.165, 1.54) is 0 Å². The Morgan fingerprint density at radius 3 is 2.48 bits per heavy atom. The fourth-order valence-electron chi connectivity index (χ4n) is 3.12. The van der Waals surface area contributed by atoms with Crippen molar-refractivity contribution in [3.63, 3.8) is 0 Å². The number of carbonyl (C=O) groups excluding carboxylic acids is 2. The van der Waals surface area contributed by atoms with Crippen LogP contribution < -0.4 is 0 Å². The number of esters is 1. The van der Waals surface area contributed by atoms with E-state index in [0.717, 1.165) is 18.5 Å². The van der Waals surface area contributed by atoms with Crippen LogP contribution >= 0.6 is 0 Å². The van der Waals surface area contributed by atoms with Crippen molar-refractivity contribution in [3.05, 3.63) is 29.6 Å². The molecular formula is C19H29N3O3. The number of rotatable bonds is 4. The molecular weight excluding hydrogens is 318 g/mol. The number of aromatic nitrogens is 2. The Balaban J connectivity index is 2.21. The van der Waals surface area contributed by atoms with Crippen molar-refractivity contribution in [3.8, 4) is 0 Å². The summed E-state index contributed by atoms with van der Waals surface area (Å²) in [4.78, 5) is 25.9. The third-order valence-corrected chi connectivity index (χ3v) is 4.42. The standard InChI is InChI=1S/C19H29N3O3/c1-6-8-17(23)21-11-9-14(10-12-21)22-16(19(3,4)5)13-15(20-22)18(24)25-7-2/h6,8,13-14H,7,9-12H2,1-5H3. The van der Waals surface area contributed by atoms with Gasteiger partial charge < -0.3 is 9.64 Å². The van der Waals surface area contributed by atoms with Crippen LogP contribution in [0, 0.1) is 0 Å². The van der Waals surface area contributed by atoms with Crippen molar-refractivity contribution in [1.82, 2.24) is 14.7 Å². The van der Waals surface area contributed by atoms with Crippen LogP contribution in [0.2, 0.25) is 0 Å². The van der Waals surface area contributed by atoms with Crippen LogP contribution in [0.15, 0.2) is 18.2 Å². The van der Waals surface area contributed by atoms with E-state index < -0.39 is 0 Å². The van der Waals surface area contributed by atoms with E-state index in [1.807, 2.05) is 22.6 Å². The Labute approximate surface area is 149 Å². The minimum absolute atomic E-state index is 0.0599. The van der Waals surface area contributed by atoms with Gasteiger partial charge >= 0.3 is 5.97 Å². The summed E-state index contributed by atoms with van der Waals surface area (Å²) in [6, 6.07) is 2.03. The topological polar surface area (TPSA) is 64.4 Å². The van der Waals surface area contributed by atoms with Crippen molar-refractivity contribution in [2.75, 3.05) is 19.7 Å². The highest BCUT2D eigenvalue weighted by atomic mass is 16.5. The number of ether oxygens (including phenoxy) is 1. The summed E-state index contributed by atoms with van der Waals surface area (Å²) in [5.74, 6) is -0.322. The smallest absolute Gasteiger partial charge is 0.358 e. The molecule has 1 aromatic heterocycles. The van der Waals surface area contributed by atoms with Gasteiger partial charge in [-0.2, -0.15) is 5.10 Å². The molecule has 0 saturated carbocycles. The van der Waals surface area contributed by atoms with E-state index in [9.17, 15) is 9.59 Å². The molecule has 0 spiro atoms. The van der Waals surface area contributed by atoms with Gasteiger partial charge in [0.05, 0.1) is 12.6 Å². The van der Waals surface area contributed by atoms with Gasteiger partial charge in [0.15, 0.2) is 5.69 Å². The number of hydrogen-bond acceptors (Lipinski definition) is 4. The van der Waals surface area contributed by atoms with E-state index in [1.54, 1.807) is 19.1 Å². The summed E-state index contributed by atoms with van der Waals surface area (Å²) in [5.41, 5.74) is 1.25. The van der Waals surface area contributed by atoms with Gasteiger partial charge in [-0.25, -0.2) is 4.79 Å². The van der Waals surface area contributed by atoms with Gasteiger partial charge in [-0.05, 0) is 38.8 Å². The lowest BCUT2D eigenvalue weighted by atomic mass is 9.91. The highest BCUT2D eigenvalue weighted by Crippen LogP contribution is 2.30. The van der Waals surface area contributed by atoms with Crippen LogP contribution in [0.4, 0.5) is 0 Å². The fourth-order valence-corrected chi connectivity index (χ4v) is 3.12. The van der Waals surface area contributed by atoms with Crippen molar-refractivity contribution in [2.24, 2.45) is 0 Å². The number of nitrogens with zero attached hydrogens (tertiary/aromatic N) is 3. The lowest BCUT2D eigenvalue weighted by molar-refractivity contribution is -0.127. The first kappa shape index (κ1) is 19.2. The molecule has 1 fully saturated rings. The predicted molar refractivity (Wildman–Crippen MR) is 96.5 cm³/mol. The summed E-state index contributed by atoms with van der Waals surface area (Å²) in [6.45, 7) is 11.7. The number of allylic oxidation sites excluding steroid dienone is 1. The molecule has 1 aliphatic heterocycles. The average Bonchev–Trinajstić information content (AvgIpc) is 3.01. The Kier molecular flexibility index (Phi) is 6.03. The van der Waals surface area contributed by atoms with Gasteiger partial charge in [-0.3, -0.25) is 9.48 Å². The Hall–Kier alpha value is -2.11. The molecule has 25 heavy (non-hydrogen) atoms. The molecule has 0 radical (unpaired) electrons. The first-order valence-electron chi connectivity index (χ1n) is 8.96. The van der Waals surface area contributed by atoms with E-state index in [2.05, 4.69) is 25.9 Å². The fraction of sp³-hybridized carbons (Fsp3) is 0.632. The van der Waals surface area contributed by atoms with Crippen LogP contribution in [0.5, 0.6) is 0 Å². The maximum Gasteiger partial charge on any atom is 0.358 e. The average molecular weight is 347 g/mol. The van der Waals surface area contributed by atoms with Gasteiger partial charge in [-0.1, -0.05) is 26.8 Å². The van der Waals surface area contributed by atoms with Crippen LogP contribution in [-0.4, -0.2) is 46.3 Å². The second-order valence-electron chi connectivity index (χ2n) is 7.39. The SMILES string of the molecule is CC=CC(=O)N1CCC(n2nc(C(=O)OCC)cc2C(C)(C)C)CC1. The second kappa shape index (κ2) is 7.85. The highest BCUT2D eigenvalue weighted by molar-refractivity contribution is 5.88. The number of likely N-dealkylation sites (tertiary alicyclic amines) is 1. The molecule has 1 aliphatic rings. The van der Waals surface area contributed by atoms with Gasteiger partial charge in [0.1, 0.15) is 0 Å². The molecule has 6 heteroatoms. The number of hydrogen-bond donors (Lipinski definition) is 0. The third kappa shape index (κ3) is 4.50. The summed E-state index contributed by atoms with van der Waals surface area (Å²) in [7, 11) is 0. The largest absolute Gasteiger partial charge is 0.461 e. The van der Waals surface area contributed by atoms with Crippen molar-refractivity contribution < 1.29 is 14.3 Å². The molecule has 1 saturated heterocycles. The summed E-state index contributed by atoms with van der Waals surface area (Å²) in [6.07, 6.45) is 5.03. The molecule has 0 aliphatic carbocycles. The predicted octanol–water partition coefficient (Wildman–Crippen LogP) is 3.10. The normalized spacial score (nSPS) is 16.4. The maximum absolute atomic E-state index is 12.1. The summed E-state index contributed by atoms with van der Waals surface area (Å²) < 4.78 is 7.07. The first-order chi connectivity index (χ1) is 11.8. The van der Waals surface area contributed by atoms with Crippen molar-refractivity contribution >= 4 is 11.9 Å². The number of amides is 1. The van der Waals surface area contributed by atoms with Crippen LogP contribution in [0.1, 0.15) is 69.7 Å². The van der Waals surface area contributed by atoms with Gasteiger partial charge in [0.25, 0.3) is 0 Å². The summed E-state index contributed by atoms with van der Waals surface area (Å²) in [5, 5.41) is 4.55. The highest BCUT2D eigenvalue weighted by Gasteiger charge is 2.30. The Morgan fingerprint density at radius 1 is 1.32 bits per heavy atom. The zero-order valence-electron chi connectivity index (χ0n) is 15.9. The maximum atomic E-state index is 12.1. The molecule has 0 unspecified atom stereocenters. The Bertz CT molecular complexity index is 647.